The molecule has 0 unspecified atom stereocenters. The number of rotatable bonds is 2. The number of carbonyl (C=O) groups excluding carboxylic acids is 2. The van der Waals surface area contributed by atoms with Crippen LogP contribution < -0.4 is 10.2 Å². The van der Waals surface area contributed by atoms with Gasteiger partial charge in [-0.15, -0.1) is 0 Å². The van der Waals surface area contributed by atoms with E-state index >= 15 is 0 Å². The van der Waals surface area contributed by atoms with Crippen LogP contribution in [0.5, 0.6) is 0 Å². The lowest BCUT2D eigenvalue weighted by Gasteiger charge is -2.26. The number of nitrogens with one attached hydrogen (secondary N) is 1. The maximum Gasteiger partial charge on any atom is 0.234 e. The molecule has 4 heteroatoms. The van der Waals surface area contributed by atoms with E-state index in [1.54, 1.807) is 0 Å². The van der Waals surface area contributed by atoms with Crippen molar-refractivity contribution in [3.8, 4) is 0 Å². The minimum absolute atomic E-state index is 0.0837. The van der Waals surface area contributed by atoms with Gasteiger partial charge in [0.2, 0.25) is 11.8 Å². The number of hydrogen-bond acceptors (Lipinski definition) is 2. The fraction of sp³-hybridized carbons (Fsp3) is 0.500. The van der Waals surface area contributed by atoms with E-state index in [0.29, 0.717) is 0 Å². The molecule has 20 heavy (non-hydrogen) atoms. The average molecular weight is 270 g/mol. The molecule has 1 fully saturated rings. The van der Waals surface area contributed by atoms with Crippen LogP contribution in [0.1, 0.15) is 43.2 Å². The molecule has 1 aromatic carbocycles. The van der Waals surface area contributed by atoms with E-state index in [4.69, 9.17) is 0 Å². The zero-order valence-electron chi connectivity index (χ0n) is 11.6. The molecule has 3 aliphatic rings. The van der Waals surface area contributed by atoms with Crippen LogP contribution in [-0.4, -0.2) is 18.4 Å². The van der Waals surface area contributed by atoms with Crippen LogP contribution in [-0.2, 0) is 16.0 Å². The van der Waals surface area contributed by atoms with Crippen LogP contribution in [0.4, 0.5) is 11.4 Å². The Hall–Kier alpha value is -1.84. The summed E-state index contributed by atoms with van der Waals surface area (Å²) >= 11 is 0. The highest BCUT2D eigenvalue weighted by Crippen LogP contribution is 2.44. The van der Waals surface area contributed by atoms with E-state index in [0.717, 1.165) is 49.2 Å². The van der Waals surface area contributed by atoms with Gasteiger partial charge in [-0.25, -0.2) is 0 Å². The summed E-state index contributed by atoms with van der Waals surface area (Å²) in [6.07, 6.45) is 4.01. The van der Waals surface area contributed by atoms with Crippen molar-refractivity contribution in [1.82, 2.24) is 0 Å². The van der Waals surface area contributed by atoms with Gasteiger partial charge in [-0.1, -0.05) is 0 Å². The second-order valence-corrected chi connectivity index (χ2v) is 6.15. The van der Waals surface area contributed by atoms with Crippen molar-refractivity contribution in [3.05, 3.63) is 23.3 Å². The van der Waals surface area contributed by atoms with Crippen molar-refractivity contribution in [2.75, 3.05) is 16.8 Å². The summed E-state index contributed by atoms with van der Waals surface area (Å²) in [5.74, 6) is 0.447. The smallest absolute Gasteiger partial charge is 0.234 e. The molecule has 0 saturated heterocycles. The Labute approximate surface area is 118 Å². The molecule has 104 valence electrons. The summed E-state index contributed by atoms with van der Waals surface area (Å²) in [5, 5.41) is 3.01. The molecule has 4 nitrogen and oxygen atoms in total. The Morgan fingerprint density at radius 2 is 2.15 bits per heavy atom. The first-order chi connectivity index (χ1) is 9.65. The first-order valence-electron chi connectivity index (χ1n) is 7.44. The highest BCUT2D eigenvalue weighted by molar-refractivity contribution is 6.07. The van der Waals surface area contributed by atoms with Gasteiger partial charge in [0.15, 0.2) is 0 Å². The lowest BCUT2D eigenvalue weighted by molar-refractivity contribution is -0.119. The largest absolute Gasteiger partial charge is 0.326 e. The van der Waals surface area contributed by atoms with Gasteiger partial charge in [0, 0.05) is 18.2 Å². The molecular formula is C16H18N2O2. The molecule has 0 spiro atoms. The van der Waals surface area contributed by atoms with Gasteiger partial charge in [0.25, 0.3) is 0 Å². The van der Waals surface area contributed by atoms with Gasteiger partial charge >= 0.3 is 0 Å². The average Bonchev–Trinajstić information content (AvgIpc) is 3.25. The fourth-order valence-corrected chi connectivity index (χ4v) is 3.36. The highest BCUT2D eigenvalue weighted by Gasteiger charge is 2.38. The zero-order valence-corrected chi connectivity index (χ0v) is 11.6. The number of aryl methyl sites for hydroxylation is 1. The third kappa shape index (κ3) is 1.67. The van der Waals surface area contributed by atoms with Gasteiger partial charge in [-0.2, -0.15) is 0 Å². The van der Waals surface area contributed by atoms with Crippen molar-refractivity contribution < 1.29 is 9.59 Å². The Bertz CT molecular complexity index is 619. The van der Waals surface area contributed by atoms with Gasteiger partial charge in [-0.05, 0) is 55.9 Å². The van der Waals surface area contributed by atoms with E-state index in [2.05, 4.69) is 11.4 Å². The molecule has 4 rings (SSSR count). The van der Waals surface area contributed by atoms with Crippen LogP contribution in [0.25, 0.3) is 0 Å². The molecule has 1 aromatic rings. The Morgan fingerprint density at radius 1 is 1.35 bits per heavy atom. The number of hydrogen-bond donors (Lipinski definition) is 1. The van der Waals surface area contributed by atoms with Crippen molar-refractivity contribution in [2.24, 2.45) is 5.92 Å². The molecule has 2 heterocycles. The van der Waals surface area contributed by atoms with Crippen molar-refractivity contribution in [1.29, 1.82) is 0 Å². The second-order valence-electron chi connectivity index (χ2n) is 6.15. The predicted molar refractivity (Wildman–Crippen MR) is 76.9 cm³/mol. The SMILES string of the molecule is C[C@H]1C(=O)N2CCCc3cc(NC(=O)C4CC4)cc1c32. The number of benzene rings is 1. The maximum atomic E-state index is 12.3. The Kier molecular flexibility index (Phi) is 2.43. The molecule has 2 amide bonds. The summed E-state index contributed by atoms with van der Waals surface area (Å²) in [5.41, 5.74) is 4.26. The molecule has 2 aliphatic heterocycles. The molecule has 1 atom stereocenters. The molecule has 0 bridgehead atoms. The first-order valence-corrected chi connectivity index (χ1v) is 7.44. The summed E-state index contributed by atoms with van der Waals surface area (Å²) < 4.78 is 0. The molecule has 0 aromatic heterocycles. The minimum Gasteiger partial charge on any atom is -0.326 e. The first kappa shape index (κ1) is 11.9. The second kappa shape index (κ2) is 4.08. The third-order valence-electron chi connectivity index (χ3n) is 4.63. The van der Waals surface area contributed by atoms with E-state index < -0.39 is 0 Å². The Morgan fingerprint density at radius 3 is 2.90 bits per heavy atom. The monoisotopic (exact) mass is 270 g/mol. The topological polar surface area (TPSA) is 49.4 Å². The Balaban J connectivity index is 1.74. The van der Waals surface area contributed by atoms with Crippen LogP contribution >= 0.6 is 0 Å². The van der Waals surface area contributed by atoms with E-state index in [-0.39, 0.29) is 23.7 Å². The van der Waals surface area contributed by atoms with Crippen molar-refractivity contribution >= 4 is 23.2 Å². The normalized spacial score (nSPS) is 23.8. The fourth-order valence-electron chi connectivity index (χ4n) is 3.36. The van der Waals surface area contributed by atoms with Crippen LogP contribution in [0, 0.1) is 5.92 Å². The van der Waals surface area contributed by atoms with Gasteiger partial charge in [0.1, 0.15) is 0 Å². The quantitative estimate of drug-likeness (QED) is 0.897. The molecule has 0 radical (unpaired) electrons. The lowest BCUT2D eigenvalue weighted by Crippen LogP contribution is -2.32. The zero-order chi connectivity index (χ0) is 13.9. The number of anilines is 2. The molecule has 1 N–H and O–H groups in total. The summed E-state index contributed by atoms with van der Waals surface area (Å²) in [6, 6.07) is 4.05. The van der Waals surface area contributed by atoms with Gasteiger partial charge in [0.05, 0.1) is 11.6 Å². The molecular weight excluding hydrogens is 252 g/mol. The lowest BCUT2D eigenvalue weighted by atomic mass is 9.96. The van der Waals surface area contributed by atoms with Gasteiger partial charge < -0.3 is 10.2 Å². The standard InChI is InChI=1S/C16H18N2O2/c1-9-13-8-12(17-15(19)10-4-5-10)7-11-3-2-6-18(14(11)13)16(9)20/h7-10H,2-6H2,1H3,(H,17,19)/t9-/m1/s1. The summed E-state index contributed by atoms with van der Waals surface area (Å²) in [6.45, 7) is 2.79. The van der Waals surface area contributed by atoms with Crippen LogP contribution in [0.2, 0.25) is 0 Å². The van der Waals surface area contributed by atoms with Crippen molar-refractivity contribution in [3.63, 3.8) is 0 Å². The molecule has 1 aliphatic carbocycles. The predicted octanol–water partition coefficient (Wildman–Crippen LogP) is 2.43. The highest BCUT2D eigenvalue weighted by atomic mass is 16.2. The van der Waals surface area contributed by atoms with Gasteiger partial charge in [-0.3, -0.25) is 9.59 Å². The number of amides is 2. The van der Waals surface area contributed by atoms with E-state index in [1.807, 2.05) is 17.9 Å². The minimum atomic E-state index is -0.0837. The van der Waals surface area contributed by atoms with Crippen LogP contribution in [0.3, 0.4) is 0 Å². The maximum absolute atomic E-state index is 12.3. The number of carbonyl (C=O) groups is 2. The summed E-state index contributed by atoms with van der Waals surface area (Å²) in [7, 11) is 0. The molecule has 1 saturated carbocycles. The van der Waals surface area contributed by atoms with E-state index in [1.165, 1.54) is 5.56 Å². The number of nitrogens with zero attached hydrogens (tertiary/aromatic N) is 1. The van der Waals surface area contributed by atoms with Crippen molar-refractivity contribution in [2.45, 2.75) is 38.5 Å². The summed E-state index contributed by atoms with van der Waals surface area (Å²) in [4.78, 5) is 26.1. The van der Waals surface area contributed by atoms with E-state index in [9.17, 15) is 9.59 Å². The third-order valence-corrected chi connectivity index (χ3v) is 4.63. The van der Waals surface area contributed by atoms with Crippen LogP contribution in [0.15, 0.2) is 12.1 Å².